The van der Waals surface area contributed by atoms with Gasteiger partial charge in [-0.25, -0.2) is 18.8 Å². The average Bonchev–Trinajstić information content (AvgIpc) is 2.89. The number of hydrogen-bond donors (Lipinski definition) is 3. The minimum Gasteiger partial charge on any atom is -0.464 e. The Morgan fingerprint density at radius 1 is 0.927 bits per heavy atom. The zero-order valence-corrected chi connectivity index (χ0v) is 24.4. The molecule has 0 radical (unpaired) electrons. The quantitative estimate of drug-likeness (QED) is 0.175. The van der Waals surface area contributed by atoms with E-state index in [0.717, 1.165) is 0 Å². The molecule has 12 heteroatoms. The van der Waals surface area contributed by atoms with E-state index in [1.54, 1.807) is 52.0 Å². The van der Waals surface area contributed by atoms with Gasteiger partial charge in [0.15, 0.2) is 0 Å². The van der Waals surface area contributed by atoms with E-state index in [1.807, 2.05) is 0 Å². The van der Waals surface area contributed by atoms with Crippen LogP contribution >= 0.6 is 11.6 Å². The zero-order chi connectivity index (χ0) is 30.4. The van der Waals surface area contributed by atoms with E-state index in [4.69, 9.17) is 25.8 Å². The van der Waals surface area contributed by atoms with E-state index in [1.165, 1.54) is 24.3 Å². The molecular weight excluding hydrogens is 557 g/mol. The molecular formula is C29H37ClFN3O7. The van der Waals surface area contributed by atoms with Gasteiger partial charge in [0.1, 0.15) is 30.1 Å². The van der Waals surface area contributed by atoms with Gasteiger partial charge in [-0.15, -0.1) is 0 Å². The Hall–Kier alpha value is -3.86. The third-order valence-corrected chi connectivity index (χ3v) is 5.87. The number of ether oxygens (including phenoxy) is 3. The molecule has 2 unspecified atom stereocenters. The number of amides is 3. The molecule has 0 aliphatic heterocycles. The number of hydrogen-bond acceptors (Lipinski definition) is 7. The molecule has 41 heavy (non-hydrogen) atoms. The lowest BCUT2D eigenvalue weighted by atomic mass is 10.0. The van der Waals surface area contributed by atoms with Crippen LogP contribution in [0.1, 0.15) is 51.7 Å². The smallest absolute Gasteiger partial charge is 0.408 e. The molecule has 0 fully saturated rings. The van der Waals surface area contributed by atoms with Crippen LogP contribution in [0.25, 0.3) is 0 Å². The maximum absolute atomic E-state index is 13.4. The molecule has 0 bridgehead atoms. The highest BCUT2D eigenvalue weighted by Crippen LogP contribution is 2.16. The van der Waals surface area contributed by atoms with Gasteiger partial charge >= 0.3 is 18.2 Å². The van der Waals surface area contributed by atoms with E-state index in [0.29, 0.717) is 16.1 Å². The van der Waals surface area contributed by atoms with Gasteiger partial charge in [-0.2, -0.15) is 0 Å². The molecule has 0 saturated carbocycles. The minimum absolute atomic E-state index is 0.0364. The summed E-state index contributed by atoms with van der Waals surface area (Å²) in [7, 11) is 0. The second kappa shape index (κ2) is 16.4. The first-order chi connectivity index (χ1) is 19.4. The predicted octanol–water partition coefficient (Wildman–Crippen LogP) is 4.67. The fraction of sp³-hybridized carbons (Fsp3) is 0.448. The molecule has 0 aromatic heterocycles. The summed E-state index contributed by atoms with van der Waals surface area (Å²) in [6.45, 7) is 6.94. The van der Waals surface area contributed by atoms with Crippen molar-refractivity contribution in [1.82, 2.24) is 16.0 Å². The number of benzene rings is 2. The molecule has 0 aliphatic rings. The largest absolute Gasteiger partial charge is 0.464 e. The normalized spacial score (nSPS) is 12.4. The fourth-order valence-corrected chi connectivity index (χ4v) is 3.78. The number of nitrogens with one attached hydrogen (secondary N) is 3. The number of carbonyl (C=O) groups is 4. The van der Waals surface area contributed by atoms with Gasteiger partial charge in [-0.3, -0.25) is 4.79 Å². The Morgan fingerprint density at radius 3 is 2.24 bits per heavy atom. The van der Waals surface area contributed by atoms with Crippen molar-refractivity contribution in [2.75, 3.05) is 13.2 Å². The van der Waals surface area contributed by atoms with E-state index in [2.05, 4.69) is 16.0 Å². The highest BCUT2D eigenvalue weighted by Gasteiger charge is 2.28. The lowest BCUT2D eigenvalue weighted by molar-refractivity contribution is -0.147. The van der Waals surface area contributed by atoms with Crippen molar-refractivity contribution in [3.8, 4) is 0 Å². The Balaban J connectivity index is 2.10. The topological polar surface area (TPSA) is 132 Å². The minimum atomic E-state index is -1.13. The Kier molecular flexibility index (Phi) is 13.4. The van der Waals surface area contributed by atoms with Gasteiger partial charge in [0.2, 0.25) is 5.91 Å². The van der Waals surface area contributed by atoms with Crippen molar-refractivity contribution in [2.24, 2.45) is 0 Å². The summed E-state index contributed by atoms with van der Waals surface area (Å²) in [5.41, 5.74) is 0.495. The second-order valence-electron chi connectivity index (χ2n) is 10.1. The summed E-state index contributed by atoms with van der Waals surface area (Å²) in [4.78, 5) is 50.5. The average molecular weight is 594 g/mol. The summed E-state index contributed by atoms with van der Waals surface area (Å²) < 4.78 is 28.9. The summed E-state index contributed by atoms with van der Waals surface area (Å²) in [6.07, 6.45) is -1.09. The zero-order valence-electron chi connectivity index (χ0n) is 23.6. The standard InChI is InChI=1S/C29H37ClFN3O7/c1-5-39-26(36)24(17-19-12-14-21(31)15-13-19)33-25(35)23(11-8-16-32-27(37)41-29(2,3)4)34-28(38)40-18-20-9-6-7-10-22(20)30/h6-7,9-10,12-15,23-24H,5,8,11,16-18H2,1-4H3,(H,32,37)(H,33,35)(H,34,38). The first kappa shape index (κ1) is 33.3. The predicted molar refractivity (Wildman–Crippen MR) is 151 cm³/mol. The second-order valence-corrected chi connectivity index (χ2v) is 10.5. The third-order valence-electron chi connectivity index (χ3n) is 5.50. The van der Waals surface area contributed by atoms with Crippen molar-refractivity contribution < 1.29 is 37.8 Å². The number of rotatable bonds is 13. The number of esters is 1. The summed E-state index contributed by atoms with van der Waals surface area (Å²) in [6, 6.07) is 10.1. The van der Waals surface area contributed by atoms with Crippen LogP contribution in [0.3, 0.4) is 0 Å². The lowest BCUT2D eigenvalue weighted by Gasteiger charge is -2.23. The van der Waals surface area contributed by atoms with E-state index < -0.39 is 47.6 Å². The van der Waals surface area contributed by atoms with E-state index in [9.17, 15) is 23.6 Å². The van der Waals surface area contributed by atoms with Crippen LogP contribution in [0.2, 0.25) is 5.02 Å². The van der Waals surface area contributed by atoms with Gasteiger partial charge in [0.25, 0.3) is 0 Å². The number of alkyl carbamates (subject to hydrolysis) is 2. The molecule has 0 spiro atoms. The monoisotopic (exact) mass is 593 g/mol. The number of carbonyl (C=O) groups excluding carboxylic acids is 4. The SMILES string of the molecule is CCOC(=O)C(Cc1ccc(F)cc1)NC(=O)C(CCCNC(=O)OC(C)(C)C)NC(=O)OCc1ccccc1Cl. The highest BCUT2D eigenvalue weighted by atomic mass is 35.5. The molecule has 224 valence electrons. The van der Waals surface area contributed by atoms with Crippen LogP contribution in [0, 0.1) is 5.82 Å². The molecule has 0 heterocycles. The van der Waals surface area contributed by atoms with Crippen LogP contribution < -0.4 is 16.0 Å². The highest BCUT2D eigenvalue weighted by molar-refractivity contribution is 6.31. The van der Waals surface area contributed by atoms with Crippen LogP contribution in [-0.4, -0.2) is 54.9 Å². The van der Waals surface area contributed by atoms with Gasteiger partial charge in [0, 0.05) is 23.6 Å². The molecule has 3 amide bonds. The first-order valence-corrected chi connectivity index (χ1v) is 13.6. The van der Waals surface area contributed by atoms with Crippen molar-refractivity contribution in [2.45, 2.75) is 71.2 Å². The maximum Gasteiger partial charge on any atom is 0.408 e. The third kappa shape index (κ3) is 12.9. The summed E-state index contributed by atoms with van der Waals surface area (Å²) in [5, 5.41) is 8.16. The van der Waals surface area contributed by atoms with Crippen molar-refractivity contribution in [3.05, 3.63) is 70.5 Å². The van der Waals surface area contributed by atoms with Crippen LogP contribution in [0.5, 0.6) is 0 Å². The van der Waals surface area contributed by atoms with Crippen LogP contribution in [0.4, 0.5) is 14.0 Å². The van der Waals surface area contributed by atoms with Crippen molar-refractivity contribution in [3.63, 3.8) is 0 Å². The van der Waals surface area contributed by atoms with Gasteiger partial charge in [0.05, 0.1) is 6.61 Å². The molecule has 2 atom stereocenters. The van der Waals surface area contributed by atoms with Crippen molar-refractivity contribution in [1.29, 1.82) is 0 Å². The van der Waals surface area contributed by atoms with E-state index >= 15 is 0 Å². The molecule has 2 aromatic carbocycles. The Bertz CT molecular complexity index is 1170. The van der Waals surface area contributed by atoms with Gasteiger partial charge in [-0.1, -0.05) is 41.9 Å². The Labute approximate surface area is 244 Å². The molecule has 10 nitrogen and oxygen atoms in total. The fourth-order valence-electron chi connectivity index (χ4n) is 3.59. The summed E-state index contributed by atoms with van der Waals surface area (Å²) in [5.74, 6) is -1.79. The molecule has 0 aliphatic carbocycles. The molecule has 2 aromatic rings. The Morgan fingerprint density at radius 2 is 1.61 bits per heavy atom. The molecule has 3 N–H and O–H groups in total. The first-order valence-electron chi connectivity index (χ1n) is 13.2. The molecule has 2 rings (SSSR count). The number of halogens is 2. The maximum atomic E-state index is 13.4. The summed E-state index contributed by atoms with van der Waals surface area (Å²) >= 11 is 6.12. The van der Waals surface area contributed by atoms with Crippen LogP contribution in [-0.2, 0) is 36.8 Å². The van der Waals surface area contributed by atoms with Gasteiger partial charge < -0.3 is 30.2 Å². The lowest BCUT2D eigenvalue weighted by Crippen LogP contribution is -2.52. The van der Waals surface area contributed by atoms with Gasteiger partial charge in [-0.05, 0) is 64.3 Å². The molecule has 0 saturated heterocycles. The van der Waals surface area contributed by atoms with Crippen LogP contribution in [0.15, 0.2) is 48.5 Å². The van der Waals surface area contributed by atoms with Crippen molar-refractivity contribution >= 4 is 35.7 Å². The van der Waals surface area contributed by atoms with E-state index in [-0.39, 0.29) is 39.0 Å².